The van der Waals surface area contributed by atoms with Crippen LogP contribution in [0.15, 0.2) is 47.8 Å². The number of benzene rings is 1. The van der Waals surface area contributed by atoms with E-state index in [9.17, 15) is 15.3 Å². The lowest BCUT2D eigenvalue weighted by atomic mass is 9.94. The third kappa shape index (κ3) is 2.17. The zero-order chi connectivity index (χ0) is 17.7. The standard InChI is InChI=1S/C20H18O5/c1-24-14-5-3-4-12-13-9-11(21)7-6-10-8-15(25-2)20(23)18(16(10)13)17(12)19(14)22/h3-9,11,19,21-23H,1-2H3/t11-,19?/m1/s1. The normalized spacial score (nSPS) is 23.4. The molecule has 0 aliphatic heterocycles. The molecule has 2 atom stereocenters. The Bertz CT molecular complexity index is 915. The summed E-state index contributed by atoms with van der Waals surface area (Å²) in [7, 11) is 2.97. The molecule has 128 valence electrons. The number of ether oxygens (including phenoxy) is 2. The van der Waals surface area contributed by atoms with Gasteiger partial charge in [0.25, 0.3) is 0 Å². The molecule has 1 unspecified atom stereocenters. The number of aliphatic hydroxyl groups is 2. The van der Waals surface area contributed by atoms with Gasteiger partial charge in [0.15, 0.2) is 11.5 Å². The summed E-state index contributed by atoms with van der Waals surface area (Å²) in [5.74, 6) is 0.656. The number of aromatic hydroxyl groups is 1. The van der Waals surface area contributed by atoms with Crippen LogP contribution in [0.25, 0.3) is 17.2 Å². The molecule has 0 radical (unpaired) electrons. The van der Waals surface area contributed by atoms with E-state index in [1.54, 1.807) is 36.4 Å². The van der Waals surface area contributed by atoms with E-state index >= 15 is 0 Å². The van der Waals surface area contributed by atoms with Gasteiger partial charge in [-0.1, -0.05) is 24.3 Å². The van der Waals surface area contributed by atoms with Gasteiger partial charge in [-0.3, -0.25) is 0 Å². The van der Waals surface area contributed by atoms with Crippen LogP contribution < -0.4 is 4.74 Å². The molecule has 0 saturated carbocycles. The highest BCUT2D eigenvalue weighted by atomic mass is 16.5. The predicted molar refractivity (Wildman–Crippen MR) is 94.8 cm³/mol. The van der Waals surface area contributed by atoms with Crippen LogP contribution in [0.1, 0.15) is 16.7 Å². The molecule has 3 aliphatic rings. The molecule has 25 heavy (non-hydrogen) atoms. The van der Waals surface area contributed by atoms with Gasteiger partial charge in [-0.05, 0) is 34.9 Å². The highest BCUT2D eigenvalue weighted by molar-refractivity contribution is 6.08. The number of allylic oxidation sites excluding steroid dienone is 5. The number of hydrogen-bond donors (Lipinski definition) is 3. The Labute approximate surface area is 145 Å². The Morgan fingerprint density at radius 1 is 1.04 bits per heavy atom. The van der Waals surface area contributed by atoms with E-state index in [1.807, 2.05) is 6.08 Å². The molecule has 5 heteroatoms. The molecule has 1 aromatic carbocycles. The molecule has 0 spiro atoms. The minimum Gasteiger partial charge on any atom is -0.504 e. The number of phenols is 1. The Morgan fingerprint density at radius 3 is 2.56 bits per heavy atom. The zero-order valence-corrected chi connectivity index (χ0v) is 13.9. The van der Waals surface area contributed by atoms with Gasteiger partial charge in [0, 0.05) is 16.7 Å². The first kappa shape index (κ1) is 15.7. The number of phenolic OH excluding ortho intramolecular Hbond substituents is 1. The van der Waals surface area contributed by atoms with Gasteiger partial charge >= 0.3 is 0 Å². The first-order valence-corrected chi connectivity index (χ1v) is 7.94. The minimum atomic E-state index is -1.04. The molecule has 5 nitrogen and oxygen atoms in total. The van der Waals surface area contributed by atoms with Crippen LogP contribution in [0.2, 0.25) is 0 Å². The van der Waals surface area contributed by atoms with Crippen molar-refractivity contribution in [1.82, 2.24) is 0 Å². The highest BCUT2D eigenvalue weighted by Crippen LogP contribution is 2.53. The summed E-state index contributed by atoms with van der Waals surface area (Å²) >= 11 is 0. The lowest BCUT2D eigenvalue weighted by Gasteiger charge is -2.18. The van der Waals surface area contributed by atoms with Gasteiger partial charge in [0.2, 0.25) is 0 Å². The lowest BCUT2D eigenvalue weighted by Crippen LogP contribution is -2.14. The van der Waals surface area contributed by atoms with Gasteiger partial charge < -0.3 is 24.8 Å². The summed E-state index contributed by atoms with van der Waals surface area (Å²) in [5, 5.41) is 31.8. The molecule has 0 bridgehead atoms. The minimum absolute atomic E-state index is 0.0354. The van der Waals surface area contributed by atoms with E-state index in [0.29, 0.717) is 22.6 Å². The van der Waals surface area contributed by atoms with Gasteiger partial charge in [-0.2, -0.15) is 0 Å². The Morgan fingerprint density at radius 2 is 1.84 bits per heavy atom. The third-order valence-electron chi connectivity index (χ3n) is 4.75. The average molecular weight is 338 g/mol. The van der Waals surface area contributed by atoms with Crippen molar-refractivity contribution in [3.63, 3.8) is 0 Å². The van der Waals surface area contributed by atoms with Crippen LogP contribution in [0.4, 0.5) is 0 Å². The summed E-state index contributed by atoms with van der Waals surface area (Å²) < 4.78 is 10.6. The Hall–Kier alpha value is -2.76. The smallest absolute Gasteiger partial charge is 0.166 e. The summed E-state index contributed by atoms with van der Waals surface area (Å²) in [6.45, 7) is 0. The lowest BCUT2D eigenvalue weighted by molar-refractivity contribution is 0.167. The summed E-state index contributed by atoms with van der Waals surface area (Å²) in [5.41, 5.74) is 4.16. The monoisotopic (exact) mass is 338 g/mol. The summed E-state index contributed by atoms with van der Waals surface area (Å²) in [6.07, 6.45) is 8.71. The van der Waals surface area contributed by atoms with Crippen molar-refractivity contribution >= 4 is 17.2 Å². The van der Waals surface area contributed by atoms with E-state index in [0.717, 1.165) is 22.3 Å². The van der Waals surface area contributed by atoms with Gasteiger partial charge in [-0.15, -0.1) is 0 Å². The zero-order valence-electron chi connectivity index (χ0n) is 13.9. The van der Waals surface area contributed by atoms with Crippen molar-refractivity contribution in [3.8, 4) is 11.5 Å². The van der Waals surface area contributed by atoms with Crippen LogP contribution in [0.5, 0.6) is 11.5 Å². The van der Waals surface area contributed by atoms with Crippen LogP contribution >= 0.6 is 0 Å². The second-order valence-electron chi connectivity index (χ2n) is 6.06. The van der Waals surface area contributed by atoms with Gasteiger partial charge in [0.1, 0.15) is 11.9 Å². The maximum Gasteiger partial charge on any atom is 0.166 e. The second-order valence-corrected chi connectivity index (χ2v) is 6.06. The van der Waals surface area contributed by atoms with E-state index in [4.69, 9.17) is 9.47 Å². The summed E-state index contributed by atoms with van der Waals surface area (Å²) in [6, 6.07) is 1.73. The number of fused-ring (bicyclic) bond motifs is 2. The number of aliphatic hydroxyl groups excluding tert-OH is 2. The molecular weight excluding hydrogens is 320 g/mol. The SMILES string of the molecule is COC1=CC=CC2=C(c3c(O)c(OC)cc4c3C2=C[C@H](O)C=C4)C1O. The van der Waals surface area contributed by atoms with Crippen molar-refractivity contribution in [2.24, 2.45) is 0 Å². The quantitative estimate of drug-likeness (QED) is 0.772. The molecule has 4 rings (SSSR count). The van der Waals surface area contributed by atoms with Crippen molar-refractivity contribution in [2.45, 2.75) is 12.2 Å². The highest BCUT2D eigenvalue weighted by Gasteiger charge is 2.37. The fourth-order valence-electron chi connectivity index (χ4n) is 3.64. The topological polar surface area (TPSA) is 79.2 Å². The summed E-state index contributed by atoms with van der Waals surface area (Å²) in [4.78, 5) is 0. The van der Waals surface area contributed by atoms with Crippen LogP contribution in [0, 0.1) is 0 Å². The molecule has 3 N–H and O–H groups in total. The maximum absolute atomic E-state index is 10.9. The Balaban J connectivity index is 2.09. The van der Waals surface area contributed by atoms with Gasteiger partial charge in [0.05, 0.1) is 20.3 Å². The predicted octanol–water partition coefficient (Wildman–Crippen LogP) is 2.40. The van der Waals surface area contributed by atoms with Crippen molar-refractivity contribution < 1.29 is 24.8 Å². The van der Waals surface area contributed by atoms with Crippen LogP contribution in [-0.2, 0) is 4.74 Å². The second kappa shape index (κ2) is 5.65. The van der Waals surface area contributed by atoms with E-state index in [2.05, 4.69) is 0 Å². The molecule has 3 aliphatic carbocycles. The largest absolute Gasteiger partial charge is 0.504 e. The van der Waals surface area contributed by atoms with Gasteiger partial charge in [-0.25, -0.2) is 0 Å². The number of methoxy groups -OCH3 is 2. The molecule has 0 fully saturated rings. The van der Waals surface area contributed by atoms with E-state index < -0.39 is 12.2 Å². The van der Waals surface area contributed by atoms with Crippen molar-refractivity contribution in [3.05, 3.63) is 64.5 Å². The molecular formula is C20H18O5. The van der Waals surface area contributed by atoms with E-state index in [-0.39, 0.29) is 5.75 Å². The Kier molecular flexibility index (Phi) is 3.56. The van der Waals surface area contributed by atoms with Crippen LogP contribution in [-0.4, -0.2) is 41.7 Å². The fraction of sp³-hybridized carbons (Fsp3) is 0.200. The molecule has 0 amide bonds. The first-order valence-electron chi connectivity index (χ1n) is 7.94. The fourth-order valence-corrected chi connectivity index (χ4v) is 3.64. The maximum atomic E-state index is 10.9. The number of rotatable bonds is 2. The van der Waals surface area contributed by atoms with Crippen LogP contribution in [0.3, 0.4) is 0 Å². The van der Waals surface area contributed by atoms with E-state index in [1.165, 1.54) is 14.2 Å². The first-order chi connectivity index (χ1) is 12.1. The van der Waals surface area contributed by atoms with Crippen molar-refractivity contribution in [2.75, 3.05) is 14.2 Å². The molecule has 0 aromatic heterocycles. The molecule has 0 saturated heterocycles. The molecule has 1 aromatic rings. The molecule has 0 heterocycles. The number of hydrogen-bond acceptors (Lipinski definition) is 5. The third-order valence-corrected chi connectivity index (χ3v) is 4.75. The average Bonchev–Trinajstić information content (AvgIpc) is 2.71. The van der Waals surface area contributed by atoms with Crippen molar-refractivity contribution in [1.29, 1.82) is 0 Å².